The summed E-state index contributed by atoms with van der Waals surface area (Å²) in [7, 11) is 0. The van der Waals surface area contributed by atoms with E-state index in [0.717, 1.165) is 19.3 Å². The van der Waals surface area contributed by atoms with E-state index in [1.807, 2.05) is 25.1 Å². The van der Waals surface area contributed by atoms with Crippen LogP contribution in [0.2, 0.25) is 5.02 Å². The monoisotopic (exact) mass is 345 g/mol. The van der Waals surface area contributed by atoms with Crippen molar-refractivity contribution in [2.24, 2.45) is 0 Å². The Balaban J connectivity index is 2.06. The summed E-state index contributed by atoms with van der Waals surface area (Å²) in [5.74, 6) is -0.298. The van der Waals surface area contributed by atoms with Gasteiger partial charge in [0.2, 0.25) is 5.43 Å². The van der Waals surface area contributed by atoms with Crippen molar-refractivity contribution < 1.29 is 4.79 Å². The molecule has 1 saturated heterocycles. The molecule has 5 nitrogen and oxygen atoms in total. The van der Waals surface area contributed by atoms with Crippen molar-refractivity contribution in [3.63, 3.8) is 0 Å². The number of aromatic nitrogens is 2. The number of likely N-dealkylation sites (tertiary alicyclic amines) is 1. The second kappa shape index (κ2) is 6.77. The third-order valence-corrected chi connectivity index (χ3v) is 4.77. The SMILES string of the molecule is Cc1cc(=O)c(C(=O)N2CCCC[C@@H]2C)nn1-c1ccccc1Cl. The van der Waals surface area contributed by atoms with Crippen molar-refractivity contribution in [2.45, 2.75) is 39.2 Å². The van der Waals surface area contributed by atoms with Gasteiger partial charge < -0.3 is 4.90 Å². The molecule has 0 spiro atoms. The van der Waals surface area contributed by atoms with Crippen LogP contribution < -0.4 is 5.43 Å². The van der Waals surface area contributed by atoms with Gasteiger partial charge in [0.1, 0.15) is 0 Å². The van der Waals surface area contributed by atoms with Gasteiger partial charge in [0.25, 0.3) is 5.91 Å². The number of nitrogens with zero attached hydrogens (tertiary/aromatic N) is 3. The van der Waals surface area contributed by atoms with Crippen LogP contribution in [0.1, 0.15) is 42.4 Å². The zero-order valence-corrected chi connectivity index (χ0v) is 14.6. The van der Waals surface area contributed by atoms with E-state index in [1.165, 1.54) is 6.07 Å². The second-order valence-corrected chi connectivity index (χ2v) is 6.61. The smallest absolute Gasteiger partial charge is 0.278 e. The van der Waals surface area contributed by atoms with E-state index in [9.17, 15) is 9.59 Å². The van der Waals surface area contributed by atoms with Crippen LogP contribution in [0, 0.1) is 6.92 Å². The summed E-state index contributed by atoms with van der Waals surface area (Å²) in [5, 5.41) is 4.86. The highest BCUT2D eigenvalue weighted by Crippen LogP contribution is 2.21. The third kappa shape index (κ3) is 3.08. The van der Waals surface area contributed by atoms with E-state index in [2.05, 4.69) is 5.10 Å². The summed E-state index contributed by atoms with van der Waals surface area (Å²) in [6, 6.07) is 8.80. The van der Waals surface area contributed by atoms with Crippen LogP contribution in [0.4, 0.5) is 0 Å². The standard InChI is InChI=1S/C18H20ClN3O2/c1-12-7-5-6-10-21(12)18(24)17-16(23)11-13(2)22(20-17)15-9-4-3-8-14(15)19/h3-4,8-9,11-12H,5-7,10H2,1-2H3/t12-/m0/s1. The number of carbonyl (C=O) groups excluding carboxylic acids is 1. The molecule has 0 bridgehead atoms. The van der Waals surface area contributed by atoms with Crippen molar-refractivity contribution in [3.05, 3.63) is 57.0 Å². The Morgan fingerprint density at radius 2 is 2.04 bits per heavy atom. The first-order valence-corrected chi connectivity index (χ1v) is 8.53. The second-order valence-electron chi connectivity index (χ2n) is 6.21. The maximum atomic E-state index is 12.8. The first-order valence-electron chi connectivity index (χ1n) is 8.16. The quantitative estimate of drug-likeness (QED) is 0.839. The molecule has 0 aliphatic carbocycles. The van der Waals surface area contributed by atoms with Gasteiger partial charge in [-0.15, -0.1) is 0 Å². The lowest BCUT2D eigenvalue weighted by molar-refractivity contribution is 0.0626. The molecule has 1 fully saturated rings. The van der Waals surface area contributed by atoms with Crippen molar-refractivity contribution >= 4 is 17.5 Å². The number of rotatable bonds is 2. The summed E-state index contributed by atoms with van der Waals surface area (Å²) in [4.78, 5) is 26.9. The maximum Gasteiger partial charge on any atom is 0.278 e. The highest BCUT2D eigenvalue weighted by Gasteiger charge is 2.27. The number of para-hydroxylation sites is 1. The molecule has 24 heavy (non-hydrogen) atoms. The number of hydrogen-bond acceptors (Lipinski definition) is 3. The molecule has 1 aliphatic heterocycles. The normalized spacial score (nSPS) is 17.8. The number of benzene rings is 1. The summed E-state index contributed by atoms with van der Waals surface area (Å²) in [5.41, 5.74) is 0.890. The number of piperidine rings is 1. The lowest BCUT2D eigenvalue weighted by Crippen LogP contribution is -2.44. The lowest BCUT2D eigenvalue weighted by atomic mass is 10.0. The van der Waals surface area contributed by atoms with Gasteiger partial charge in [-0.3, -0.25) is 9.59 Å². The Hall–Kier alpha value is -2.14. The first-order chi connectivity index (χ1) is 11.5. The minimum atomic E-state index is -0.349. The van der Waals surface area contributed by atoms with Crippen LogP contribution in [0.15, 0.2) is 35.1 Å². The number of carbonyl (C=O) groups is 1. The molecule has 0 saturated carbocycles. The molecule has 1 amide bonds. The first kappa shape index (κ1) is 16.7. The van der Waals surface area contributed by atoms with Crippen molar-refractivity contribution in [1.82, 2.24) is 14.7 Å². The van der Waals surface area contributed by atoms with Crippen LogP contribution in [0.25, 0.3) is 5.69 Å². The van der Waals surface area contributed by atoms with E-state index in [-0.39, 0.29) is 23.1 Å². The van der Waals surface area contributed by atoms with Gasteiger partial charge in [0.15, 0.2) is 5.69 Å². The Morgan fingerprint density at radius 1 is 1.29 bits per heavy atom. The summed E-state index contributed by atoms with van der Waals surface area (Å²) >= 11 is 6.24. The fourth-order valence-electron chi connectivity index (χ4n) is 3.10. The average Bonchev–Trinajstić information content (AvgIpc) is 2.56. The largest absolute Gasteiger partial charge is 0.334 e. The van der Waals surface area contributed by atoms with Crippen molar-refractivity contribution in [2.75, 3.05) is 6.54 Å². The lowest BCUT2D eigenvalue weighted by Gasteiger charge is -2.33. The van der Waals surface area contributed by atoms with Crippen LogP contribution in [0.5, 0.6) is 0 Å². The average molecular weight is 346 g/mol. The predicted octanol–water partition coefficient (Wildman–Crippen LogP) is 3.21. The van der Waals surface area contributed by atoms with Gasteiger partial charge >= 0.3 is 0 Å². The molecule has 2 heterocycles. The predicted molar refractivity (Wildman–Crippen MR) is 93.9 cm³/mol. The highest BCUT2D eigenvalue weighted by molar-refractivity contribution is 6.32. The Labute approximate surface area is 145 Å². The Bertz CT molecular complexity index is 831. The zero-order chi connectivity index (χ0) is 17.3. The molecule has 3 rings (SSSR count). The van der Waals surface area contributed by atoms with Gasteiger partial charge in [0, 0.05) is 24.3 Å². The van der Waals surface area contributed by atoms with Crippen LogP contribution in [0.3, 0.4) is 0 Å². The van der Waals surface area contributed by atoms with Crippen LogP contribution >= 0.6 is 11.6 Å². The van der Waals surface area contributed by atoms with Gasteiger partial charge in [-0.1, -0.05) is 23.7 Å². The van der Waals surface area contributed by atoms with Crippen LogP contribution in [-0.4, -0.2) is 33.2 Å². The van der Waals surface area contributed by atoms with Gasteiger partial charge in [-0.25, -0.2) is 4.68 Å². The minimum Gasteiger partial charge on any atom is -0.334 e. The topological polar surface area (TPSA) is 55.2 Å². The van der Waals surface area contributed by atoms with Crippen LogP contribution in [-0.2, 0) is 0 Å². The summed E-state index contributed by atoms with van der Waals surface area (Å²) in [6.07, 6.45) is 3.02. The summed E-state index contributed by atoms with van der Waals surface area (Å²) < 4.78 is 1.56. The molecule has 0 unspecified atom stereocenters. The van der Waals surface area contributed by atoms with E-state index in [1.54, 1.807) is 22.6 Å². The molecule has 1 aromatic heterocycles. The molecule has 1 atom stereocenters. The van der Waals surface area contributed by atoms with Crippen molar-refractivity contribution in [1.29, 1.82) is 0 Å². The number of amides is 1. The molecular formula is C18H20ClN3O2. The number of halogens is 1. The molecule has 6 heteroatoms. The Morgan fingerprint density at radius 3 is 2.75 bits per heavy atom. The van der Waals surface area contributed by atoms with E-state index < -0.39 is 0 Å². The fourth-order valence-corrected chi connectivity index (χ4v) is 3.31. The maximum absolute atomic E-state index is 12.8. The van der Waals surface area contributed by atoms with Crippen molar-refractivity contribution in [3.8, 4) is 5.69 Å². The Kier molecular flexibility index (Phi) is 4.71. The highest BCUT2D eigenvalue weighted by atomic mass is 35.5. The van der Waals surface area contributed by atoms with E-state index in [4.69, 9.17) is 11.6 Å². The molecule has 0 N–H and O–H groups in total. The molecule has 126 valence electrons. The number of hydrogen-bond donors (Lipinski definition) is 0. The minimum absolute atomic E-state index is 0.0470. The fraction of sp³-hybridized carbons (Fsp3) is 0.389. The van der Waals surface area contributed by atoms with Gasteiger partial charge in [-0.2, -0.15) is 5.10 Å². The molecule has 0 radical (unpaired) electrons. The molecular weight excluding hydrogens is 326 g/mol. The van der Waals surface area contributed by atoms with E-state index >= 15 is 0 Å². The molecule has 2 aromatic rings. The summed E-state index contributed by atoms with van der Waals surface area (Å²) in [6.45, 7) is 4.45. The van der Waals surface area contributed by atoms with Gasteiger partial charge in [-0.05, 0) is 45.2 Å². The zero-order valence-electron chi connectivity index (χ0n) is 13.8. The number of aryl methyl sites for hydroxylation is 1. The van der Waals surface area contributed by atoms with E-state index in [0.29, 0.717) is 22.9 Å². The van der Waals surface area contributed by atoms with Gasteiger partial charge in [0.05, 0.1) is 10.7 Å². The molecule has 1 aliphatic rings. The molecule has 1 aromatic carbocycles. The third-order valence-electron chi connectivity index (χ3n) is 4.45.